The Morgan fingerprint density at radius 3 is 2.55 bits per heavy atom. The number of benzene rings is 1. The van der Waals surface area contributed by atoms with E-state index in [9.17, 15) is 19.3 Å². The number of aromatic nitrogens is 1. The summed E-state index contributed by atoms with van der Waals surface area (Å²) in [6.45, 7) is 2.60. The average molecular weight is 470 g/mol. The van der Waals surface area contributed by atoms with Crippen LogP contribution in [0.15, 0.2) is 58.7 Å². The van der Waals surface area contributed by atoms with Crippen molar-refractivity contribution >= 4 is 23.8 Å². The smallest absolute Gasteiger partial charge is 0.345 e. The minimum atomic E-state index is -2.85. The third kappa shape index (κ3) is 7.42. The average Bonchev–Trinajstić information content (AvgIpc) is 2.80. The summed E-state index contributed by atoms with van der Waals surface area (Å²) in [7, 11) is 0. The number of nitriles is 2. The zero-order valence-electron chi connectivity index (χ0n) is 17.8. The van der Waals surface area contributed by atoms with Gasteiger partial charge in [0.25, 0.3) is 0 Å². The maximum atomic E-state index is 12.0. The fourth-order valence-electron chi connectivity index (χ4n) is 2.64. The highest BCUT2D eigenvalue weighted by molar-refractivity contribution is 7.99. The summed E-state index contributed by atoms with van der Waals surface area (Å²) in [5, 5.41) is 19.8. The first kappa shape index (κ1) is 25.5. The summed E-state index contributed by atoms with van der Waals surface area (Å²) in [5.41, 5.74) is 7.95. The molecule has 10 heteroatoms. The number of thioether (sulfide) groups is 1. The lowest BCUT2D eigenvalue weighted by atomic mass is 9.97. The lowest BCUT2D eigenvalue weighted by Gasteiger charge is -2.13. The number of anilines is 1. The zero-order chi connectivity index (χ0) is 24.2. The van der Waals surface area contributed by atoms with Crippen LogP contribution in [0.2, 0.25) is 0 Å². The molecular formula is C23H21F2N5O2S. The molecule has 0 saturated carbocycles. The van der Waals surface area contributed by atoms with Crippen molar-refractivity contribution in [2.75, 3.05) is 24.7 Å². The van der Waals surface area contributed by atoms with Crippen molar-refractivity contribution < 1.29 is 18.3 Å². The molecule has 2 N–H and O–H groups in total. The Morgan fingerprint density at radius 1 is 1.24 bits per heavy atom. The van der Waals surface area contributed by atoms with Crippen LogP contribution in [0, 0.1) is 22.7 Å². The van der Waals surface area contributed by atoms with Crippen LogP contribution in [0.1, 0.15) is 18.1 Å². The minimum Gasteiger partial charge on any atom is -0.491 e. The third-order valence-electron chi connectivity index (χ3n) is 4.04. The van der Waals surface area contributed by atoms with E-state index < -0.39 is 6.61 Å². The van der Waals surface area contributed by atoms with E-state index in [4.69, 9.17) is 10.5 Å². The summed E-state index contributed by atoms with van der Waals surface area (Å²) < 4.78 is 33.5. The van der Waals surface area contributed by atoms with Gasteiger partial charge in [-0.2, -0.15) is 19.3 Å². The van der Waals surface area contributed by atoms with E-state index in [0.717, 1.165) is 0 Å². The number of ether oxygens (including phenoxy) is 2. The molecule has 0 atom stereocenters. The fourth-order valence-corrected chi connectivity index (χ4v) is 3.49. The van der Waals surface area contributed by atoms with Gasteiger partial charge in [-0.25, -0.2) is 4.98 Å². The summed E-state index contributed by atoms with van der Waals surface area (Å²) in [4.78, 5) is 8.32. The number of halogens is 2. The van der Waals surface area contributed by atoms with Gasteiger partial charge in [-0.05, 0) is 30.2 Å². The highest BCUT2D eigenvalue weighted by Crippen LogP contribution is 2.36. The van der Waals surface area contributed by atoms with E-state index in [1.165, 1.54) is 11.8 Å². The Bertz CT molecular complexity index is 1120. The quantitative estimate of drug-likeness (QED) is 0.281. The van der Waals surface area contributed by atoms with Crippen molar-refractivity contribution in [3.05, 3.63) is 59.8 Å². The third-order valence-corrected chi connectivity index (χ3v) is 5.13. The molecule has 1 heterocycles. The van der Waals surface area contributed by atoms with E-state index in [2.05, 4.69) is 27.4 Å². The molecule has 0 saturated heterocycles. The van der Waals surface area contributed by atoms with Crippen LogP contribution in [0.25, 0.3) is 11.1 Å². The van der Waals surface area contributed by atoms with Crippen molar-refractivity contribution in [1.29, 1.82) is 10.5 Å². The van der Waals surface area contributed by atoms with Gasteiger partial charge in [-0.15, -0.1) is 11.8 Å². The molecule has 0 spiro atoms. The summed E-state index contributed by atoms with van der Waals surface area (Å²) in [5.74, 6) is 0.842. The molecular weight excluding hydrogens is 448 g/mol. The van der Waals surface area contributed by atoms with Gasteiger partial charge in [0.05, 0.1) is 12.2 Å². The number of rotatable bonds is 11. The Labute approximate surface area is 194 Å². The number of nitrogens with zero attached hydrogens (tertiary/aromatic N) is 4. The number of nitrogens with two attached hydrogens (primary N) is 1. The van der Waals surface area contributed by atoms with Gasteiger partial charge in [0, 0.05) is 23.7 Å². The summed E-state index contributed by atoms with van der Waals surface area (Å²) in [6, 6.07) is 10.6. The van der Waals surface area contributed by atoms with Crippen LogP contribution in [0.4, 0.5) is 14.6 Å². The number of hydrogen-bond acceptors (Lipinski definition) is 8. The monoisotopic (exact) mass is 469 g/mol. The lowest BCUT2D eigenvalue weighted by Crippen LogP contribution is -2.09. The number of alkyl halides is 2. The van der Waals surface area contributed by atoms with Crippen LogP contribution >= 0.6 is 11.8 Å². The van der Waals surface area contributed by atoms with Gasteiger partial charge >= 0.3 is 6.61 Å². The number of allylic oxidation sites excluding steroid dienone is 1. The SMILES string of the molecule is C=C(C=N/C=C\C)CSc1nc(N)c(C#N)c(-c2ccc(OCCOC(F)F)cc2)c1C#N. The van der Waals surface area contributed by atoms with Crippen LogP contribution in [0.3, 0.4) is 0 Å². The predicted octanol–water partition coefficient (Wildman–Crippen LogP) is 4.94. The first-order valence-electron chi connectivity index (χ1n) is 9.62. The molecule has 2 rings (SSSR count). The van der Waals surface area contributed by atoms with Gasteiger partial charge < -0.3 is 15.2 Å². The van der Waals surface area contributed by atoms with Crippen molar-refractivity contribution in [3.8, 4) is 29.0 Å². The maximum absolute atomic E-state index is 12.0. The van der Waals surface area contributed by atoms with E-state index >= 15 is 0 Å². The predicted molar refractivity (Wildman–Crippen MR) is 124 cm³/mol. The fraction of sp³-hybridized carbons (Fsp3) is 0.217. The van der Waals surface area contributed by atoms with E-state index in [1.807, 2.05) is 13.0 Å². The molecule has 2 aromatic rings. The first-order valence-corrected chi connectivity index (χ1v) is 10.6. The minimum absolute atomic E-state index is 0.00618. The number of aliphatic imine (C=N–C) groups is 1. The van der Waals surface area contributed by atoms with Crippen LogP contribution < -0.4 is 10.5 Å². The number of hydrogen-bond donors (Lipinski definition) is 1. The van der Waals surface area contributed by atoms with E-state index in [0.29, 0.717) is 33.2 Å². The van der Waals surface area contributed by atoms with Gasteiger partial charge in [-0.1, -0.05) is 24.8 Å². The highest BCUT2D eigenvalue weighted by Gasteiger charge is 2.20. The molecule has 1 aromatic carbocycles. The van der Waals surface area contributed by atoms with Crippen LogP contribution in [-0.2, 0) is 4.74 Å². The molecule has 1 aromatic heterocycles. The Kier molecular flexibility index (Phi) is 10.0. The summed E-state index contributed by atoms with van der Waals surface area (Å²) in [6.07, 6.45) is 5.03. The molecule has 33 heavy (non-hydrogen) atoms. The second-order valence-electron chi connectivity index (χ2n) is 6.36. The molecule has 0 unspecified atom stereocenters. The second-order valence-corrected chi connectivity index (χ2v) is 7.33. The molecule has 170 valence electrons. The maximum Gasteiger partial charge on any atom is 0.345 e. The Hall–Kier alpha value is -3.73. The largest absolute Gasteiger partial charge is 0.491 e. The highest BCUT2D eigenvalue weighted by atomic mass is 32.2. The molecule has 0 fully saturated rings. The standard InChI is InChI=1S/C23H21F2N5O2S/c1-3-8-29-13-15(2)14-33-22-19(12-27)20(18(11-26)21(28)30-22)16-4-6-17(7-5-16)31-9-10-32-23(24)25/h3-8,13,23H,2,9-10,14H2,1H3,(H2,28,30)/b8-3-,29-13?. The van der Waals surface area contributed by atoms with E-state index in [1.54, 1.807) is 42.8 Å². The molecule has 0 bridgehead atoms. The normalized spacial score (nSPS) is 11.1. The van der Waals surface area contributed by atoms with Gasteiger partial charge in [0.1, 0.15) is 40.9 Å². The van der Waals surface area contributed by atoms with Crippen molar-refractivity contribution in [2.24, 2.45) is 4.99 Å². The molecule has 0 amide bonds. The molecule has 0 aliphatic heterocycles. The van der Waals surface area contributed by atoms with Gasteiger partial charge in [-0.3, -0.25) is 4.99 Å². The van der Waals surface area contributed by atoms with Crippen molar-refractivity contribution in [1.82, 2.24) is 4.98 Å². The van der Waals surface area contributed by atoms with Crippen LogP contribution in [-0.4, -0.2) is 36.8 Å². The molecule has 0 aliphatic carbocycles. The topological polar surface area (TPSA) is 117 Å². The first-order chi connectivity index (χ1) is 15.9. The number of nitrogen functional groups attached to an aromatic ring is 1. The molecule has 7 nitrogen and oxygen atoms in total. The van der Waals surface area contributed by atoms with E-state index in [-0.39, 0.29) is 30.2 Å². The van der Waals surface area contributed by atoms with Crippen LogP contribution in [0.5, 0.6) is 5.75 Å². The van der Waals surface area contributed by atoms with Crippen molar-refractivity contribution in [3.63, 3.8) is 0 Å². The molecule has 0 aliphatic rings. The van der Waals surface area contributed by atoms with Crippen molar-refractivity contribution in [2.45, 2.75) is 18.6 Å². The van der Waals surface area contributed by atoms with Gasteiger partial charge in [0.15, 0.2) is 0 Å². The Balaban J connectivity index is 2.31. The second kappa shape index (κ2) is 13.0. The molecule has 0 radical (unpaired) electrons. The zero-order valence-corrected chi connectivity index (χ0v) is 18.6. The Morgan fingerprint density at radius 2 is 1.94 bits per heavy atom. The summed E-state index contributed by atoms with van der Waals surface area (Å²) >= 11 is 1.26. The van der Waals surface area contributed by atoms with Gasteiger partial charge in [0.2, 0.25) is 0 Å². The number of pyridine rings is 1. The lowest BCUT2D eigenvalue weighted by molar-refractivity contribution is -0.133.